The van der Waals surface area contributed by atoms with Gasteiger partial charge in [-0.1, -0.05) is 126 Å². The van der Waals surface area contributed by atoms with Crippen LogP contribution in [-0.4, -0.2) is 190 Å². The van der Waals surface area contributed by atoms with E-state index in [9.17, 15) is 74.6 Å². The van der Waals surface area contributed by atoms with E-state index in [0.29, 0.717) is 86.4 Å². The van der Waals surface area contributed by atoms with E-state index in [-0.39, 0.29) is 89.7 Å². The van der Waals surface area contributed by atoms with E-state index in [4.69, 9.17) is 39.5 Å². The number of aryl methyl sites for hydroxylation is 5. The maximum absolute atomic E-state index is 11.5. The van der Waals surface area contributed by atoms with Crippen LogP contribution in [0.5, 0.6) is 34.5 Å². The van der Waals surface area contributed by atoms with Gasteiger partial charge in [-0.05, 0) is 135 Å². The highest BCUT2D eigenvalue weighted by Gasteiger charge is 2.44. The van der Waals surface area contributed by atoms with Crippen molar-refractivity contribution in [3.63, 3.8) is 0 Å². The summed E-state index contributed by atoms with van der Waals surface area (Å²) in [7, 11) is -3.85. The maximum Gasteiger partial charge on any atom is 0.537 e. The van der Waals surface area contributed by atoms with E-state index in [2.05, 4.69) is 30.4 Å². The maximum atomic E-state index is 11.5. The molecular formula is C67H73B5N8O21S9. The molecule has 0 bridgehead atoms. The van der Waals surface area contributed by atoms with Crippen LogP contribution < -0.4 is 39.5 Å². The van der Waals surface area contributed by atoms with Crippen molar-refractivity contribution in [2.45, 2.75) is 137 Å². The zero-order valence-corrected chi connectivity index (χ0v) is 65.8. The summed E-state index contributed by atoms with van der Waals surface area (Å²) in [5, 5.41) is 118. The van der Waals surface area contributed by atoms with E-state index in [1.807, 2.05) is 41.1 Å². The number of thioether (sulfide) groups is 5. The van der Waals surface area contributed by atoms with Crippen molar-refractivity contribution in [1.82, 2.24) is 30.4 Å². The number of methoxy groups -OCH3 is 1. The largest absolute Gasteiger partial charge is 0.537 e. The van der Waals surface area contributed by atoms with Crippen molar-refractivity contribution in [3.05, 3.63) is 167 Å². The molecule has 1 aliphatic carbocycles. The molecule has 0 amide bonds. The Labute approximate surface area is 670 Å². The number of hydrogen-bond donors (Lipinski definition) is 12. The molecule has 0 radical (unpaired) electrons. The van der Waals surface area contributed by atoms with Crippen LogP contribution in [0.3, 0.4) is 0 Å². The summed E-state index contributed by atoms with van der Waals surface area (Å²) in [4.78, 5) is 65.3. The monoisotopic (exact) mass is 1670 g/mol. The minimum Gasteiger partial charge on any atom is -0.535 e. The number of aromatic nitrogens is 6. The Bertz CT molecular complexity index is 4670. The fourth-order valence-corrected chi connectivity index (χ4v) is 21.4. The van der Waals surface area contributed by atoms with Gasteiger partial charge in [0.15, 0.2) is 4.34 Å². The highest BCUT2D eigenvalue weighted by atomic mass is 32.2. The average molecular weight is 1670 g/mol. The Kier molecular flexibility index (Phi) is 29.3. The molecule has 6 aliphatic rings. The third-order valence-electron chi connectivity index (χ3n) is 17.7. The van der Waals surface area contributed by atoms with Gasteiger partial charge in [-0.2, -0.15) is 23.5 Å². The van der Waals surface area contributed by atoms with E-state index < -0.39 is 65.4 Å². The Hall–Kier alpha value is -7.90. The van der Waals surface area contributed by atoms with Crippen molar-refractivity contribution in [3.8, 4) is 34.5 Å². The van der Waals surface area contributed by atoms with Crippen LogP contribution in [0, 0.1) is 27.7 Å². The van der Waals surface area contributed by atoms with Gasteiger partial charge >= 0.3 is 65.4 Å². The summed E-state index contributed by atoms with van der Waals surface area (Å²) in [6.45, 7) is 6.88. The minimum atomic E-state index is -1.15. The summed E-state index contributed by atoms with van der Waals surface area (Å²) in [6, 6.07) is 17.9. The first-order valence-electron chi connectivity index (χ1n) is 33.5. The third kappa shape index (κ3) is 20.5. The number of ether oxygens (including phenoxy) is 1. The molecule has 9 aromatic rings. The van der Waals surface area contributed by atoms with Crippen LogP contribution in [0.4, 0.5) is 10.3 Å². The number of fused-ring (bicyclic) bond motifs is 5. The van der Waals surface area contributed by atoms with Gasteiger partial charge in [0.1, 0.15) is 76.0 Å². The molecule has 0 unspecified atom stereocenters. The van der Waals surface area contributed by atoms with Gasteiger partial charge < -0.3 is 90.1 Å². The van der Waals surface area contributed by atoms with Gasteiger partial charge in [0.05, 0.1) is 32.9 Å². The Morgan fingerprint density at radius 2 is 0.818 bits per heavy atom. The van der Waals surface area contributed by atoms with Crippen molar-refractivity contribution in [1.29, 1.82) is 0 Å². The molecule has 1 saturated carbocycles. The molecule has 0 spiro atoms. The van der Waals surface area contributed by atoms with Gasteiger partial charge in [0.25, 0.3) is 0 Å². The molecule has 1 fully saturated rings. The van der Waals surface area contributed by atoms with Gasteiger partial charge in [-0.15, -0.1) is 43.1 Å². The number of carboxylic acids is 5. The quantitative estimate of drug-likeness (QED) is 0.0355. The summed E-state index contributed by atoms with van der Waals surface area (Å²) in [6.07, 6.45) is 10.5. The second-order valence-corrected chi connectivity index (χ2v) is 36.3. The van der Waals surface area contributed by atoms with Crippen LogP contribution >= 0.6 is 104 Å². The number of thiazole rings is 2. The molecule has 14 N–H and O–H groups in total. The van der Waals surface area contributed by atoms with E-state index >= 15 is 0 Å². The number of hydrogen-bond acceptors (Lipinski definition) is 33. The number of nitrogens with two attached hydrogens (primary N) is 2. The Balaban J connectivity index is 0.000000146. The van der Waals surface area contributed by atoms with E-state index in [0.717, 1.165) is 47.3 Å². The molecular weight excluding hydrogens is 1600 g/mol. The van der Waals surface area contributed by atoms with E-state index in [1.54, 1.807) is 93.9 Å². The van der Waals surface area contributed by atoms with Crippen LogP contribution in [-0.2, 0) is 38.5 Å². The fraction of sp³-hybridized carbons (Fsp3) is 0.328. The summed E-state index contributed by atoms with van der Waals surface area (Å²) < 4.78 is 35.0. The molecule has 5 aromatic carbocycles. The lowest BCUT2D eigenvalue weighted by molar-refractivity contribution is 0.0679. The van der Waals surface area contributed by atoms with Crippen LogP contribution in [0.15, 0.2) is 96.8 Å². The smallest absolute Gasteiger partial charge is 0.535 e. The average Bonchev–Trinajstić information content (AvgIpc) is 1.00. The molecule has 5 atom stereocenters. The first-order valence-corrected chi connectivity index (χ1v) is 41.5. The zero-order chi connectivity index (χ0) is 78.1. The number of benzene rings is 5. The second kappa shape index (κ2) is 38.1. The number of nitrogen functional groups attached to an aromatic ring is 2. The van der Waals surface area contributed by atoms with Gasteiger partial charge in [-0.25, -0.2) is 33.9 Å². The van der Waals surface area contributed by atoms with Crippen molar-refractivity contribution < 1.29 is 103 Å². The van der Waals surface area contributed by atoms with Crippen LogP contribution in [0.1, 0.15) is 134 Å². The third-order valence-corrected chi connectivity index (χ3v) is 27.8. The predicted molar refractivity (Wildman–Crippen MR) is 432 cm³/mol. The molecule has 110 heavy (non-hydrogen) atoms. The topological polar surface area (TPSA) is 472 Å². The molecule has 576 valence electrons. The van der Waals surface area contributed by atoms with Crippen LogP contribution in [0.25, 0.3) is 0 Å². The minimum absolute atomic E-state index is 0. The van der Waals surface area contributed by atoms with E-state index in [1.165, 1.54) is 107 Å². The molecule has 29 nitrogen and oxygen atoms in total. The van der Waals surface area contributed by atoms with Crippen LogP contribution in [0.2, 0.25) is 0 Å². The molecule has 5 aliphatic heterocycles. The SMILES string of the molecule is C.COc1ccc2c(c1C(=O)O)OB(O)[C@@H](SCCc1nnc(N)s1)C2.Cc1ccc2c(c1C(=O)O)OB(O)[C@@H](SC1CCC1)C2.Cc1ccc2c(c1C(=O)O)OB(O)[C@@H](Sc1nccs1)C2.Cc1ccc2c(c1C(=O)O)OB(O)[C@@H](Sc1nccs1)C2.Cc1ccc2c(c1C(=O)O)OB(O)[C@@H](Sc1nnc(N)s1)C2. The highest BCUT2D eigenvalue weighted by molar-refractivity contribution is 8.03. The summed E-state index contributed by atoms with van der Waals surface area (Å²) in [5.41, 5.74) is 18.0. The number of nitrogens with zero attached hydrogens (tertiary/aromatic N) is 6. The number of anilines is 2. The fourth-order valence-electron chi connectivity index (χ4n) is 12.2. The summed E-state index contributed by atoms with van der Waals surface area (Å²) in [5.74, 6) is -3.04. The molecule has 0 saturated heterocycles. The van der Waals surface area contributed by atoms with Crippen molar-refractivity contribution >= 4 is 180 Å². The number of rotatable bonds is 18. The standard InChI is InChI=1S/C14H16BN3O5S2.C14H17BO4S.2C13H12BNO4S2.C12H12BN3O4S2.CH4/c1-22-8-3-2-7-6-9(15(21)23-12(7)11(8)13(19)20)24-5-4-10-17-18-14(16)25-10;1-8-5-6-9-7-11(20-10-3-2-4-10)15(18)19-13(9)12(8)14(16)17;2*1-7-2-3-8-6-9(21-13-15-4-5-20-13)14(18)19-11(8)10(7)12(16)17;1-5-2-3-6-4-7(21-12-16-15-11(14)22-12)13(19)20-9(6)8(5)10(17)18;/h2-3,9,21H,4-6H2,1H3,(H2,16,18)(H,19,20);5-6,10-11,18H,2-4,7H2,1H3,(H,16,17);2*2-5,9,18H,6H2,1H3,(H,16,17);2-3,7,19H,4H2,1H3,(H2,14,15)(H,17,18);1H4/t9-;11-;2*9-;7-;/m00000./s1. The second-order valence-electron chi connectivity index (χ2n) is 25.1. The van der Waals surface area contributed by atoms with Crippen molar-refractivity contribution in [2.24, 2.45) is 0 Å². The molecule has 15 rings (SSSR count). The number of aromatic carboxylic acids is 5. The molecule has 9 heterocycles. The highest BCUT2D eigenvalue weighted by Crippen LogP contribution is 2.45. The number of carboxylic acid groups (broad SMARTS) is 5. The first-order chi connectivity index (χ1) is 52.1. The van der Waals surface area contributed by atoms with Crippen molar-refractivity contribution in [2.75, 3.05) is 24.3 Å². The molecule has 4 aromatic heterocycles. The lowest BCUT2D eigenvalue weighted by Crippen LogP contribution is -2.42. The Morgan fingerprint density at radius 3 is 1.15 bits per heavy atom. The van der Waals surface area contributed by atoms with Gasteiger partial charge in [0.2, 0.25) is 10.3 Å². The lowest BCUT2D eigenvalue weighted by atomic mass is 9.77. The van der Waals surface area contributed by atoms with Gasteiger partial charge in [-0.3, -0.25) is 0 Å². The van der Waals surface area contributed by atoms with Gasteiger partial charge in [0, 0.05) is 34.8 Å². The predicted octanol–water partition coefficient (Wildman–Crippen LogP) is 9.84. The zero-order valence-electron chi connectivity index (χ0n) is 58.5. The number of carbonyl (C=O) groups is 5. The first kappa shape index (κ1) is 84.6. The summed E-state index contributed by atoms with van der Waals surface area (Å²) >= 11 is 13.1. The normalized spacial score (nSPS) is 17.7. The lowest BCUT2D eigenvalue weighted by Gasteiger charge is -2.33. The Morgan fingerprint density at radius 1 is 0.473 bits per heavy atom. The molecule has 43 heteroatoms.